The molecular weight excluding hydrogens is 190 g/mol. The fourth-order valence-electron chi connectivity index (χ4n) is 0.935. The Bertz CT molecular complexity index is 301. The standard InChI is InChI=1S/C9H10ClNO2/c1-2-13-9(12)7-3-4-11-8(5-7)6-10/h3-5H,2,6H2,1H3/p+1. The van der Waals surface area contributed by atoms with Crippen LogP contribution in [0.4, 0.5) is 0 Å². The minimum atomic E-state index is -0.317. The van der Waals surface area contributed by atoms with Crippen molar-refractivity contribution >= 4 is 17.6 Å². The van der Waals surface area contributed by atoms with E-state index >= 15 is 0 Å². The van der Waals surface area contributed by atoms with Crippen molar-refractivity contribution in [1.82, 2.24) is 0 Å². The minimum Gasteiger partial charge on any atom is -0.462 e. The highest BCUT2D eigenvalue weighted by molar-refractivity contribution is 6.16. The Morgan fingerprint density at radius 1 is 1.69 bits per heavy atom. The summed E-state index contributed by atoms with van der Waals surface area (Å²) in [5.41, 5.74) is 1.32. The van der Waals surface area contributed by atoms with Gasteiger partial charge in [0.25, 0.3) is 0 Å². The average molecular weight is 201 g/mol. The Balaban J connectivity index is 2.82. The first-order valence-corrected chi connectivity index (χ1v) is 4.55. The summed E-state index contributed by atoms with van der Waals surface area (Å²) in [6.45, 7) is 2.16. The zero-order chi connectivity index (χ0) is 9.68. The highest BCUT2D eigenvalue weighted by Gasteiger charge is 2.09. The van der Waals surface area contributed by atoms with E-state index < -0.39 is 0 Å². The maximum atomic E-state index is 11.2. The van der Waals surface area contributed by atoms with Gasteiger partial charge in [0.15, 0.2) is 11.9 Å². The molecule has 1 N–H and O–H groups in total. The second kappa shape index (κ2) is 4.82. The van der Waals surface area contributed by atoms with Crippen molar-refractivity contribution in [2.45, 2.75) is 12.8 Å². The van der Waals surface area contributed by atoms with Gasteiger partial charge in [0.1, 0.15) is 5.88 Å². The van der Waals surface area contributed by atoms with Gasteiger partial charge in [-0.15, -0.1) is 11.6 Å². The number of aromatic amines is 1. The third-order valence-corrected chi connectivity index (χ3v) is 1.80. The van der Waals surface area contributed by atoms with Crippen LogP contribution in [-0.4, -0.2) is 12.6 Å². The number of hydrogen-bond donors (Lipinski definition) is 0. The van der Waals surface area contributed by atoms with Crippen LogP contribution in [0.1, 0.15) is 23.0 Å². The SMILES string of the molecule is CCOC(=O)c1cc[nH+]c(CCl)c1. The lowest BCUT2D eigenvalue weighted by molar-refractivity contribution is -0.388. The number of rotatable bonds is 3. The number of carbonyl (C=O) groups excluding carboxylic acids is 1. The number of nitrogens with one attached hydrogen (secondary N) is 1. The predicted molar refractivity (Wildman–Crippen MR) is 48.5 cm³/mol. The molecule has 0 unspecified atom stereocenters. The van der Waals surface area contributed by atoms with Crippen molar-refractivity contribution in [3.8, 4) is 0 Å². The number of carbonyl (C=O) groups is 1. The Morgan fingerprint density at radius 3 is 3.08 bits per heavy atom. The van der Waals surface area contributed by atoms with E-state index in [-0.39, 0.29) is 5.97 Å². The molecule has 1 aromatic heterocycles. The smallest absolute Gasteiger partial charge is 0.338 e. The summed E-state index contributed by atoms with van der Waals surface area (Å²) in [5.74, 6) is 0.0376. The van der Waals surface area contributed by atoms with Gasteiger partial charge < -0.3 is 4.74 Å². The van der Waals surface area contributed by atoms with Gasteiger partial charge in [0.2, 0.25) is 0 Å². The average Bonchev–Trinajstić information content (AvgIpc) is 2.18. The summed E-state index contributed by atoms with van der Waals surface area (Å²) < 4.78 is 4.83. The Kier molecular flexibility index (Phi) is 3.71. The van der Waals surface area contributed by atoms with Gasteiger partial charge in [0, 0.05) is 12.1 Å². The molecule has 1 heterocycles. The van der Waals surface area contributed by atoms with Crippen molar-refractivity contribution in [1.29, 1.82) is 0 Å². The van der Waals surface area contributed by atoms with Gasteiger partial charge in [-0.3, -0.25) is 0 Å². The number of aromatic nitrogens is 1. The third kappa shape index (κ3) is 2.70. The minimum absolute atomic E-state index is 0.317. The van der Waals surface area contributed by atoms with E-state index in [1.165, 1.54) is 0 Å². The second-order valence-corrected chi connectivity index (χ2v) is 2.72. The molecule has 0 saturated heterocycles. The molecule has 1 aromatic rings. The van der Waals surface area contributed by atoms with Crippen LogP contribution < -0.4 is 4.98 Å². The van der Waals surface area contributed by atoms with E-state index in [0.29, 0.717) is 18.1 Å². The Morgan fingerprint density at radius 2 is 2.46 bits per heavy atom. The van der Waals surface area contributed by atoms with Crippen LogP contribution in [0.2, 0.25) is 0 Å². The summed E-state index contributed by atoms with van der Waals surface area (Å²) in [4.78, 5) is 14.1. The molecule has 0 spiro atoms. The molecule has 3 nitrogen and oxygen atoms in total. The predicted octanol–water partition coefficient (Wildman–Crippen LogP) is 1.42. The van der Waals surface area contributed by atoms with Gasteiger partial charge >= 0.3 is 5.97 Å². The molecule has 0 radical (unpaired) electrons. The van der Waals surface area contributed by atoms with Crippen LogP contribution in [0.5, 0.6) is 0 Å². The molecule has 0 aliphatic heterocycles. The maximum absolute atomic E-state index is 11.2. The maximum Gasteiger partial charge on any atom is 0.338 e. The highest BCUT2D eigenvalue weighted by Crippen LogP contribution is 2.03. The van der Waals surface area contributed by atoms with Crippen molar-refractivity contribution < 1.29 is 14.5 Å². The molecule has 0 bridgehead atoms. The molecular formula is C9H11ClNO2+. The second-order valence-electron chi connectivity index (χ2n) is 2.46. The van der Waals surface area contributed by atoms with E-state index in [4.69, 9.17) is 16.3 Å². The van der Waals surface area contributed by atoms with Gasteiger partial charge in [-0.25, -0.2) is 9.78 Å². The summed E-state index contributed by atoms with van der Waals surface area (Å²) in [7, 11) is 0. The van der Waals surface area contributed by atoms with Gasteiger partial charge in [-0.05, 0) is 6.92 Å². The number of alkyl halides is 1. The van der Waals surface area contributed by atoms with Crippen molar-refractivity contribution in [3.05, 3.63) is 29.6 Å². The lowest BCUT2D eigenvalue weighted by atomic mass is 10.2. The van der Waals surface area contributed by atoms with E-state index in [2.05, 4.69) is 4.98 Å². The molecule has 1 rings (SSSR count). The summed E-state index contributed by atoms with van der Waals surface area (Å²) >= 11 is 5.60. The normalized spacial score (nSPS) is 9.69. The highest BCUT2D eigenvalue weighted by atomic mass is 35.5. The summed E-state index contributed by atoms with van der Waals surface area (Å²) in [5, 5.41) is 0. The van der Waals surface area contributed by atoms with Gasteiger partial charge in [0.05, 0.1) is 12.2 Å². The van der Waals surface area contributed by atoms with Crippen LogP contribution in [0.25, 0.3) is 0 Å². The molecule has 0 aliphatic rings. The molecule has 0 amide bonds. The van der Waals surface area contributed by atoms with Crippen LogP contribution in [0.3, 0.4) is 0 Å². The van der Waals surface area contributed by atoms with Gasteiger partial charge in [-0.2, -0.15) is 0 Å². The fourth-order valence-corrected chi connectivity index (χ4v) is 1.09. The first kappa shape index (κ1) is 9.99. The van der Waals surface area contributed by atoms with E-state index in [9.17, 15) is 4.79 Å². The zero-order valence-corrected chi connectivity index (χ0v) is 8.10. The number of ether oxygens (including phenoxy) is 1. The molecule has 70 valence electrons. The topological polar surface area (TPSA) is 40.4 Å². The molecule has 0 aliphatic carbocycles. The number of H-pyrrole nitrogens is 1. The number of pyridine rings is 1. The van der Waals surface area contributed by atoms with Crippen LogP contribution in [0, 0.1) is 0 Å². The third-order valence-electron chi connectivity index (χ3n) is 1.52. The summed E-state index contributed by atoms with van der Waals surface area (Å²) in [6.07, 6.45) is 1.67. The Hall–Kier alpha value is -1.09. The van der Waals surface area contributed by atoms with E-state index in [0.717, 1.165) is 5.69 Å². The first-order valence-electron chi connectivity index (χ1n) is 4.01. The monoisotopic (exact) mass is 200 g/mol. The number of halogens is 1. The first-order chi connectivity index (χ1) is 6.27. The lowest BCUT2D eigenvalue weighted by Gasteiger charge is -1.99. The lowest BCUT2D eigenvalue weighted by Crippen LogP contribution is -2.12. The van der Waals surface area contributed by atoms with Crippen molar-refractivity contribution in [3.63, 3.8) is 0 Å². The van der Waals surface area contributed by atoms with Crippen molar-refractivity contribution in [2.75, 3.05) is 6.61 Å². The van der Waals surface area contributed by atoms with Gasteiger partial charge in [-0.1, -0.05) is 0 Å². The molecule has 0 atom stereocenters. The molecule has 13 heavy (non-hydrogen) atoms. The number of hydrogen-bond acceptors (Lipinski definition) is 2. The summed E-state index contributed by atoms with van der Waals surface area (Å²) in [6, 6.07) is 3.35. The van der Waals surface area contributed by atoms with Crippen molar-refractivity contribution in [2.24, 2.45) is 0 Å². The van der Waals surface area contributed by atoms with Crippen LogP contribution in [-0.2, 0) is 10.6 Å². The zero-order valence-electron chi connectivity index (χ0n) is 7.34. The molecule has 4 heteroatoms. The number of esters is 1. The van der Waals surface area contributed by atoms with E-state index in [1.54, 1.807) is 25.3 Å². The quantitative estimate of drug-likeness (QED) is 0.547. The molecule has 0 aromatic carbocycles. The largest absolute Gasteiger partial charge is 0.462 e. The fraction of sp³-hybridized carbons (Fsp3) is 0.333. The van der Waals surface area contributed by atoms with E-state index in [1.807, 2.05) is 0 Å². The van der Waals surface area contributed by atoms with Crippen LogP contribution >= 0.6 is 11.6 Å². The Labute approximate surface area is 81.7 Å². The molecule has 0 fully saturated rings. The van der Waals surface area contributed by atoms with Crippen LogP contribution in [0.15, 0.2) is 18.3 Å². The molecule has 0 saturated carbocycles.